The molecular formula is C28H24ClIN2O4. The van der Waals surface area contributed by atoms with Crippen molar-refractivity contribution in [1.82, 2.24) is 5.43 Å². The molecule has 4 aromatic carbocycles. The maximum atomic E-state index is 12.8. The van der Waals surface area contributed by atoms with Crippen LogP contribution in [0.2, 0.25) is 5.02 Å². The second-order valence-corrected chi connectivity index (χ2v) is 9.43. The predicted octanol–water partition coefficient (Wildman–Crippen LogP) is 6.85. The van der Waals surface area contributed by atoms with E-state index < -0.39 is 0 Å². The van der Waals surface area contributed by atoms with Crippen molar-refractivity contribution in [3.8, 4) is 17.2 Å². The van der Waals surface area contributed by atoms with E-state index in [1.165, 1.54) is 13.3 Å². The topological polar surface area (TPSA) is 69.2 Å². The van der Waals surface area contributed by atoms with Gasteiger partial charge in [-0.3, -0.25) is 4.79 Å². The zero-order valence-electron chi connectivity index (χ0n) is 19.8. The van der Waals surface area contributed by atoms with Crippen LogP contribution >= 0.6 is 34.2 Å². The summed E-state index contributed by atoms with van der Waals surface area (Å²) >= 11 is 8.78. The molecule has 184 valence electrons. The van der Waals surface area contributed by atoms with Crippen molar-refractivity contribution in [2.24, 2.45) is 5.10 Å². The first-order chi connectivity index (χ1) is 17.5. The van der Waals surface area contributed by atoms with Crippen molar-refractivity contribution in [3.63, 3.8) is 0 Å². The van der Waals surface area contributed by atoms with Gasteiger partial charge in [0.15, 0.2) is 11.5 Å². The van der Waals surface area contributed by atoms with E-state index in [4.69, 9.17) is 25.8 Å². The second-order valence-electron chi connectivity index (χ2n) is 7.78. The average Bonchev–Trinajstić information content (AvgIpc) is 2.88. The summed E-state index contributed by atoms with van der Waals surface area (Å²) in [6, 6.07) is 22.9. The summed E-state index contributed by atoms with van der Waals surface area (Å²) in [4.78, 5) is 12.8. The molecule has 4 aromatic rings. The van der Waals surface area contributed by atoms with Gasteiger partial charge in [0.2, 0.25) is 0 Å². The van der Waals surface area contributed by atoms with Gasteiger partial charge >= 0.3 is 0 Å². The molecule has 0 aromatic heterocycles. The lowest BCUT2D eigenvalue weighted by atomic mass is 10.1. The summed E-state index contributed by atoms with van der Waals surface area (Å²) in [5.74, 6) is 1.04. The Kier molecular flexibility index (Phi) is 8.66. The standard InChI is InChI=1S/C28H24ClIN2O4/c1-3-35-26-13-19(12-24(29)27(26)36-17-18-8-10-22(30)11-9-18)16-31-32-28(33)23-14-20-6-4-5-7-21(20)15-25(23)34-2/h4-16H,3,17H2,1-2H3,(H,32,33)/b31-16-. The summed E-state index contributed by atoms with van der Waals surface area (Å²) in [5, 5.41) is 6.41. The van der Waals surface area contributed by atoms with E-state index in [0.29, 0.717) is 46.6 Å². The number of methoxy groups -OCH3 is 1. The molecule has 36 heavy (non-hydrogen) atoms. The van der Waals surface area contributed by atoms with Crippen LogP contribution in [0.4, 0.5) is 0 Å². The van der Waals surface area contributed by atoms with Crippen molar-refractivity contribution in [2.45, 2.75) is 13.5 Å². The minimum absolute atomic E-state index is 0.355. The first kappa shape index (κ1) is 25.8. The fourth-order valence-electron chi connectivity index (χ4n) is 3.59. The zero-order chi connectivity index (χ0) is 25.5. The van der Waals surface area contributed by atoms with E-state index in [1.807, 2.05) is 61.5 Å². The number of amides is 1. The molecule has 0 spiro atoms. The Morgan fingerprint density at radius 3 is 2.42 bits per heavy atom. The molecular weight excluding hydrogens is 591 g/mol. The molecule has 6 nitrogen and oxygen atoms in total. The largest absolute Gasteiger partial charge is 0.496 e. The Morgan fingerprint density at radius 2 is 1.72 bits per heavy atom. The number of carbonyl (C=O) groups excluding carboxylic acids is 1. The Labute approximate surface area is 228 Å². The van der Waals surface area contributed by atoms with Gasteiger partial charge in [-0.2, -0.15) is 5.10 Å². The number of benzene rings is 4. The highest BCUT2D eigenvalue weighted by Gasteiger charge is 2.15. The number of rotatable bonds is 9. The third kappa shape index (κ3) is 6.27. The zero-order valence-corrected chi connectivity index (χ0v) is 22.7. The van der Waals surface area contributed by atoms with Crippen molar-refractivity contribution in [2.75, 3.05) is 13.7 Å². The minimum Gasteiger partial charge on any atom is -0.496 e. The number of hydrogen-bond acceptors (Lipinski definition) is 5. The molecule has 0 unspecified atom stereocenters. The van der Waals surface area contributed by atoms with Gasteiger partial charge in [0, 0.05) is 3.57 Å². The van der Waals surface area contributed by atoms with Gasteiger partial charge in [0.25, 0.3) is 5.91 Å². The highest BCUT2D eigenvalue weighted by atomic mass is 127. The van der Waals surface area contributed by atoms with Gasteiger partial charge in [-0.25, -0.2) is 5.43 Å². The highest BCUT2D eigenvalue weighted by Crippen LogP contribution is 2.37. The van der Waals surface area contributed by atoms with Gasteiger partial charge in [0.05, 0.1) is 30.5 Å². The van der Waals surface area contributed by atoms with Crippen molar-refractivity contribution in [1.29, 1.82) is 0 Å². The number of ether oxygens (including phenoxy) is 3. The van der Waals surface area contributed by atoms with Crippen molar-refractivity contribution in [3.05, 3.63) is 98.1 Å². The highest BCUT2D eigenvalue weighted by molar-refractivity contribution is 14.1. The number of hydrazone groups is 1. The number of nitrogens with one attached hydrogen (secondary N) is 1. The van der Waals surface area contributed by atoms with E-state index in [9.17, 15) is 4.79 Å². The molecule has 1 amide bonds. The molecule has 0 aliphatic heterocycles. The Hall–Kier alpha value is -3.30. The number of hydrogen-bond donors (Lipinski definition) is 1. The number of carbonyl (C=O) groups is 1. The molecule has 0 fully saturated rings. The van der Waals surface area contributed by atoms with Crippen LogP contribution in [0, 0.1) is 3.57 Å². The van der Waals surface area contributed by atoms with Gasteiger partial charge in [-0.05, 0) is 87.8 Å². The molecule has 0 saturated carbocycles. The molecule has 0 aliphatic carbocycles. The molecule has 0 atom stereocenters. The molecule has 8 heteroatoms. The van der Waals surface area contributed by atoms with Gasteiger partial charge in [0.1, 0.15) is 12.4 Å². The molecule has 0 radical (unpaired) electrons. The van der Waals surface area contributed by atoms with E-state index in [-0.39, 0.29) is 5.91 Å². The molecule has 4 rings (SSSR count). The number of halogens is 2. The fraction of sp³-hybridized carbons (Fsp3) is 0.143. The van der Waals surface area contributed by atoms with Crippen LogP contribution in [-0.2, 0) is 6.61 Å². The van der Waals surface area contributed by atoms with E-state index in [2.05, 4.69) is 33.1 Å². The van der Waals surface area contributed by atoms with E-state index in [1.54, 1.807) is 18.2 Å². The summed E-state index contributed by atoms with van der Waals surface area (Å²) in [6.45, 7) is 2.68. The molecule has 0 heterocycles. The molecule has 0 saturated heterocycles. The van der Waals surface area contributed by atoms with Crippen LogP contribution < -0.4 is 19.6 Å². The smallest absolute Gasteiger partial charge is 0.275 e. The summed E-state index contributed by atoms with van der Waals surface area (Å²) < 4.78 is 18.3. The first-order valence-corrected chi connectivity index (χ1v) is 12.7. The third-order valence-corrected chi connectivity index (χ3v) is 6.32. The average molecular weight is 615 g/mol. The predicted molar refractivity (Wildman–Crippen MR) is 152 cm³/mol. The van der Waals surface area contributed by atoms with Crippen molar-refractivity contribution < 1.29 is 19.0 Å². The molecule has 0 aliphatic rings. The lowest BCUT2D eigenvalue weighted by Gasteiger charge is -2.14. The third-order valence-electron chi connectivity index (χ3n) is 5.32. The second kappa shape index (κ2) is 12.1. The fourth-order valence-corrected chi connectivity index (χ4v) is 4.23. The Bertz CT molecular complexity index is 1410. The molecule has 1 N–H and O–H groups in total. The van der Waals surface area contributed by atoms with Crippen LogP contribution in [0.5, 0.6) is 17.2 Å². The monoisotopic (exact) mass is 614 g/mol. The molecule has 0 bridgehead atoms. The Morgan fingerprint density at radius 1 is 1.00 bits per heavy atom. The SMILES string of the molecule is CCOc1cc(/C=N\NC(=O)c2cc3ccccc3cc2OC)cc(Cl)c1OCc1ccc(I)cc1. The van der Waals surface area contributed by atoms with E-state index in [0.717, 1.165) is 19.9 Å². The summed E-state index contributed by atoms with van der Waals surface area (Å²) in [7, 11) is 1.53. The van der Waals surface area contributed by atoms with Crippen LogP contribution in [0.1, 0.15) is 28.4 Å². The Balaban J connectivity index is 1.50. The minimum atomic E-state index is -0.387. The summed E-state index contributed by atoms with van der Waals surface area (Å²) in [6.07, 6.45) is 1.50. The van der Waals surface area contributed by atoms with Crippen LogP contribution in [-0.4, -0.2) is 25.8 Å². The van der Waals surface area contributed by atoms with Gasteiger partial charge in [-0.15, -0.1) is 0 Å². The normalized spacial score (nSPS) is 11.0. The van der Waals surface area contributed by atoms with Crippen LogP contribution in [0.3, 0.4) is 0 Å². The van der Waals surface area contributed by atoms with Crippen LogP contribution in [0.25, 0.3) is 10.8 Å². The van der Waals surface area contributed by atoms with Crippen molar-refractivity contribution >= 4 is 57.1 Å². The number of nitrogens with zero attached hydrogens (tertiary/aromatic N) is 1. The number of fused-ring (bicyclic) bond motifs is 1. The van der Waals surface area contributed by atoms with Gasteiger partial charge < -0.3 is 14.2 Å². The summed E-state index contributed by atoms with van der Waals surface area (Å²) in [5.41, 5.74) is 4.62. The first-order valence-electron chi connectivity index (χ1n) is 11.2. The van der Waals surface area contributed by atoms with Gasteiger partial charge in [-0.1, -0.05) is 48.0 Å². The van der Waals surface area contributed by atoms with Crippen LogP contribution in [0.15, 0.2) is 77.9 Å². The maximum absolute atomic E-state index is 12.8. The van der Waals surface area contributed by atoms with E-state index >= 15 is 0 Å². The maximum Gasteiger partial charge on any atom is 0.275 e. The lowest BCUT2D eigenvalue weighted by Crippen LogP contribution is -2.18. The lowest BCUT2D eigenvalue weighted by molar-refractivity contribution is 0.0952. The quantitative estimate of drug-likeness (QED) is 0.127.